The third kappa shape index (κ3) is 2.97. The Morgan fingerprint density at radius 1 is 1.41 bits per heavy atom. The number of nitrogens with one attached hydrogen (secondary N) is 2. The van der Waals surface area contributed by atoms with Gasteiger partial charge in [-0.05, 0) is 35.6 Å². The number of amides is 1. The maximum absolute atomic E-state index is 11.4. The van der Waals surface area contributed by atoms with Gasteiger partial charge in [-0.2, -0.15) is 0 Å². The van der Waals surface area contributed by atoms with E-state index in [0.29, 0.717) is 0 Å². The van der Waals surface area contributed by atoms with Gasteiger partial charge in [0, 0.05) is 24.3 Å². The van der Waals surface area contributed by atoms with Crippen LogP contribution in [0.25, 0.3) is 17.0 Å². The summed E-state index contributed by atoms with van der Waals surface area (Å²) in [6.45, 7) is 2.75. The second-order valence-electron chi connectivity index (χ2n) is 3.95. The molecule has 3 heteroatoms. The van der Waals surface area contributed by atoms with Crippen LogP contribution >= 0.6 is 0 Å². The highest BCUT2D eigenvalue weighted by Crippen LogP contribution is 2.14. The van der Waals surface area contributed by atoms with Crippen molar-refractivity contribution in [2.45, 2.75) is 13.3 Å². The summed E-state index contributed by atoms with van der Waals surface area (Å²) in [5, 5.41) is 3.98. The van der Waals surface area contributed by atoms with E-state index in [-0.39, 0.29) is 5.91 Å². The van der Waals surface area contributed by atoms with Gasteiger partial charge in [-0.15, -0.1) is 0 Å². The third-order valence-electron chi connectivity index (χ3n) is 2.56. The topological polar surface area (TPSA) is 44.9 Å². The summed E-state index contributed by atoms with van der Waals surface area (Å²) in [6.07, 6.45) is 6.26. The molecule has 0 bridgehead atoms. The molecule has 3 nitrogen and oxygen atoms in total. The Labute approximate surface area is 101 Å². The Balaban J connectivity index is 2.07. The number of hydrogen-bond donors (Lipinski definition) is 2. The number of aromatic nitrogens is 1. The number of aromatic amines is 1. The second-order valence-corrected chi connectivity index (χ2v) is 3.95. The molecule has 2 aromatic rings. The fourth-order valence-corrected chi connectivity index (χ4v) is 1.65. The van der Waals surface area contributed by atoms with Crippen molar-refractivity contribution < 1.29 is 4.79 Å². The molecule has 0 aliphatic heterocycles. The Morgan fingerprint density at radius 3 is 3.12 bits per heavy atom. The highest BCUT2D eigenvalue weighted by molar-refractivity contribution is 5.92. The van der Waals surface area contributed by atoms with Gasteiger partial charge >= 0.3 is 0 Å². The molecule has 1 heterocycles. The molecule has 0 fully saturated rings. The van der Waals surface area contributed by atoms with Crippen LogP contribution in [-0.4, -0.2) is 17.4 Å². The average molecular weight is 228 g/mol. The minimum Gasteiger partial charge on any atom is -0.361 e. The summed E-state index contributed by atoms with van der Waals surface area (Å²) in [7, 11) is 0. The lowest BCUT2D eigenvalue weighted by molar-refractivity contribution is -0.116. The van der Waals surface area contributed by atoms with E-state index in [1.165, 1.54) is 5.39 Å². The molecule has 0 radical (unpaired) electrons. The van der Waals surface area contributed by atoms with Crippen LogP contribution in [0.3, 0.4) is 0 Å². The molecular formula is C14H16N2O. The van der Waals surface area contributed by atoms with E-state index in [1.807, 2.05) is 43.5 Å². The molecule has 1 aromatic carbocycles. The van der Waals surface area contributed by atoms with Crippen LogP contribution in [0.4, 0.5) is 0 Å². The van der Waals surface area contributed by atoms with Gasteiger partial charge in [-0.25, -0.2) is 0 Å². The van der Waals surface area contributed by atoms with Gasteiger partial charge in [-0.1, -0.05) is 19.1 Å². The van der Waals surface area contributed by atoms with Gasteiger partial charge in [0.25, 0.3) is 0 Å². The van der Waals surface area contributed by atoms with Crippen LogP contribution in [0, 0.1) is 0 Å². The van der Waals surface area contributed by atoms with Crippen molar-refractivity contribution in [3.05, 3.63) is 42.1 Å². The van der Waals surface area contributed by atoms with Gasteiger partial charge in [0.15, 0.2) is 0 Å². The Hall–Kier alpha value is -2.03. The van der Waals surface area contributed by atoms with Crippen LogP contribution in [0.5, 0.6) is 0 Å². The number of hydrogen-bond acceptors (Lipinski definition) is 1. The number of fused-ring (bicyclic) bond motifs is 1. The van der Waals surface area contributed by atoms with Gasteiger partial charge in [0.1, 0.15) is 0 Å². The third-order valence-corrected chi connectivity index (χ3v) is 2.56. The lowest BCUT2D eigenvalue weighted by Gasteiger charge is -1.98. The lowest BCUT2D eigenvalue weighted by atomic mass is 10.1. The molecule has 0 saturated heterocycles. The highest BCUT2D eigenvalue weighted by Gasteiger charge is 1.96. The van der Waals surface area contributed by atoms with E-state index >= 15 is 0 Å². The predicted octanol–water partition coefficient (Wildman–Crippen LogP) is 2.71. The quantitative estimate of drug-likeness (QED) is 0.776. The summed E-state index contributed by atoms with van der Waals surface area (Å²) in [4.78, 5) is 14.5. The Kier molecular flexibility index (Phi) is 3.60. The zero-order chi connectivity index (χ0) is 12.1. The van der Waals surface area contributed by atoms with Crippen LogP contribution in [0.1, 0.15) is 18.9 Å². The molecule has 0 aliphatic rings. The molecule has 2 rings (SSSR count). The van der Waals surface area contributed by atoms with Crippen LogP contribution < -0.4 is 5.32 Å². The molecule has 88 valence electrons. The maximum Gasteiger partial charge on any atom is 0.243 e. The smallest absolute Gasteiger partial charge is 0.243 e. The second kappa shape index (κ2) is 5.34. The van der Waals surface area contributed by atoms with Crippen LogP contribution in [0.15, 0.2) is 36.5 Å². The zero-order valence-corrected chi connectivity index (χ0v) is 9.86. The predicted molar refractivity (Wildman–Crippen MR) is 70.6 cm³/mol. The summed E-state index contributed by atoms with van der Waals surface area (Å²) in [6, 6.07) is 8.09. The van der Waals surface area contributed by atoms with Crippen molar-refractivity contribution in [3.8, 4) is 0 Å². The minimum absolute atomic E-state index is 0.0431. The van der Waals surface area contributed by atoms with Crippen molar-refractivity contribution in [3.63, 3.8) is 0 Å². The SMILES string of the molecule is CCCNC(=O)/C=C/c1ccc2cc[nH]c2c1. The van der Waals surface area contributed by atoms with Gasteiger partial charge in [0.2, 0.25) is 5.91 Å². The minimum atomic E-state index is -0.0431. The first-order valence-corrected chi connectivity index (χ1v) is 5.82. The molecule has 1 amide bonds. The molecule has 17 heavy (non-hydrogen) atoms. The molecule has 0 atom stereocenters. The van der Waals surface area contributed by atoms with Crippen LogP contribution in [-0.2, 0) is 4.79 Å². The van der Waals surface area contributed by atoms with Crippen molar-refractivity contribution in [2.75, 3.05) is 6.54 Å². The first-order valence-electron chi connectivity index (χ1n) is 5.82. The van der Waals surface area contributed by atoms with Gasteiger partial charge < -0.3 is 10.3 Å². The normalized spacial score (nSPS) is 11.1. The standard InChI is InChI=1S/C14H16N2O/c1-2-8-16-14(17)6-4-11-3-5-12-7-9-15-13(12)10-11/h3-7,9-10,15H,2,8H2,1H3,(H,16,17)/b6-4+. The van der Waals surface area contributed by atoms with Crippen LogP contribution in [0.2, 0.25) is 0 Å². The molecule has 2 N–H and O–H groups in total. The lowest BCUT2D eigenvalue weighted by Crippen LogP contribution is -2.21. The van der Waals surface area contributed by atoms with E-state index in [9.17, 15) is 4.79 Å². The van der Waals surface area contributed by atoms with Crippen molar-refractivity contribution in [2.24, 2.45) is 0 Å². The number of rotatable bonds is 4. The average Bonchev–Trinajstić information content (AvgIpc) is 2.81. The first kappa shape index (κ1) is 11.5. The number of benzene rings is 1. The highest BCUT2D eigenvalue weighted by atomic mass is 16.1. The summed E-state index contributed by atoms with van der Waals surface area (Å²) < 4.78 is 0. The number of carbonyl (C=O) groups excluding carboxylic acids is 1. The molecule has 0 spiro atoms. The summed E-state index contributed by atoms with van der Waals surface area (Å²) in [5.74, 6) is -0.0431. The van der Waals surface area contributed by atoms with Crippen molar-refractivity contribution in [1.82, 2.24) is 10.3 Å². The monoisotopic (exact) mass is 228 g/mol. The Morgan fingerprint density at radius 2 is 2.29 bits per heavy atom. The number of H-pyrrole nitrogens is 1. The molecule has 0 aliphatic carbocycles. The van der Waals surface area contributed by atoms with E-state index in [1.54, 1.807) is 6.08 Å². The Bertz CT molecular complexity index is 540. The van der Waals surface area contributed by atoms with Crippen molar-refractivity contribution >= 4 is 22.9 Å². The number of carbonyl (C=O) groups is 1. The fraction of sp³-hybridized carbons (Fsp3) is 0.214. The zero-order valence-electron chi connectivity index (χ0n) is 9.86. The largest absolute Gasteiger partial charge is 0.361 e. The molecular weight excluding hydrogens is 212 g/mol. The fourth-order valence-electron chi connectivity index (χ4n) is 1.65. The molecule has 0 unspecified atom stereocenters. The van der Waals surface area contributed by atoms with E-state index in [0.717, 1.165) is 24.0 Å². The molecule has 1 aromatic heterocycles. The van der Waals surface area contributed by atoms with Gasteiger partial charge in [-0.3, -0.25) is 4.79 Å². The maximum atomic E-state index is 11.4. The first-order chi connectivity index (χ1) is 8.29. The summed E-state index contributed by atoms with van der Waals surface area (Å²) in [5.41, 5.74) is 2.10. The van der Waals surface area contributed by atoms with Crippen molar-refractivity contribution in [1.29, 1.82) is 0 Å². The van der Waals surface area contributed by atoms with E-state index < -0.39 is 0 Å². The van der Waals surface area contributed by atoms with E-state index in [4.69, 9.17) is 0 Å². The van der Waals surface area contributed by atoms with Gasteiger partial charge in [0.05, 0.1) is 0 Å². The summed E-state index contributed by atoms with van der Waals surface area (Å²) >= 11 is 0. The van der Waals surface area contributed by atoms with E-state index in [2.05, 4.69) is 10.3 Å². The molecule has 0 saturated carbocycles.